The molecule has 1 amide bonds. The van der Waals surface area contributed by atoms with Crippen LogP contribution >= 0.6 is 27.5 Å². The summed E-state index contributed by atoms with van der Waals surface area (Å²) >= 11 is 9.32. The third kappa shape index (κ3) is 4.06. The van der Waals surface area contributed by atoms with Crippen LogP contribution in [0.1, 0.15) is 35.0 Å². The maximum absolute atomic E-state index is 12.8. The molecule has 1 aromatic heterocycles. The summed E-state index contributed by atoms with van der Waals surface area (Å²) < 4.78 is 6.45. The molecule has 2 aromatic carbocycles. The Kier molecular flexibility index (Phi) is 5.27. The van der Waals surface area contributed by atoms with Gasteiger partial charge in [-0.2, -0.15) is 4.98 Å². The maximum atomic E-state index is 12.8. The van der Waals surface area contributed by atoms with E-state index in [2.05, 4.69) is 26.1 Å². The summed E-state index contributed by atoms with van der Waals surface area (Å²) in [5.41, 5.74) is 1.54. The van der Waals surface area contributed by atoms with Gasteiger partial charge in [0.1, 0.15) is 0 Å². The van der Waals surface area contributed by atoms with E-state index >= 15 is 0 Å². The molecule has 0 N–H and O–H groups in total. The first kappa shape index (κ1) is 18.2. The minimum absolute atomic E-state index is 0.0321. The van der Waals surface area contributed by atoms with Gasteiger partial charge in [-0.15, -0.1) is 0 Å². The average molecular weight is 447 g/mol. The van der Waals surface area contributed by atoms with Gasteiger partial charge in [-0.05, 0) is 61.4 Å². The fourth-order valence-electron chi connectivity index (χ4n) is 3.26. The molecule has 138 valence electrons. The van der Waals surface area contributed by atoms with Crippen LogP contribution in [-0.2, 0) is 0 Å². The summed E-state index contributed by atoms with van der Waals surface area (Å²) in [4.78, 5) is 19.2. The fraction of sp³-hybridized carbons (Fsp3) is 0.250. The Hall–Kier alpha value is -2.18. The lowest BCUT2D eigenvalue weighted by molar-refractivity contribution is 0.0695. The molecule has 0 bridgehead atoms. The van der Waals surface area contributed by atoms with Crippen molar-refractivity contribution in [2.45, 2.75) is 18.8 Å². The van der Waals surface area contributed by atoms with Gasteiger partial charge in [0.2, 0.25) is 11.7 Å². The molecule has 27 heavy (non-hydrogen) atoms. The third-order valence-electron chi connectivity index (χ3n) is 4.69. The minimum atomic E-state index is 0.0321. The molecule has 1 fully saturated rings. The van der Waals surface area contributed by atoms with Crippen LogP contribution in [0.5, 0.6) is 0 Å². The first-order chi connectivity index (χ1) is 13.1. The molecule has 1 saturated heterocycles. The lowest BCUT2D eigenvalue weighted by Crippen LogP contribution is -2.39. The van der Waals surface area contributed by atoms with E-state index in [0.717, 1.165) is 29.4 Å². The molecule has 0 spiro atoms. The highest BCUT2D eigenvalue weighted by atomic mass is 79.9. The van der Waals surface area contributed by atoms with Crippen LogP contribution in [0, 0.1) is 0 Å². The van der Waals surface area contributed by atoms with Crippen molar-refractivity contribution in [2.24, 2.45) is 0 Å². The second kappa shape index (κ2) is 7.82. The number of hydrogen-bond donors (Lipinski definition) is 0. The number of benzene rings is 2. The van der Waals surface area contributed by atoms with Gasteiger partial charge >= 0.3 is 0 Å². The molecule has 2 heterocycles. The Balaban J connectivity index is 1.49. The number of rotatable bonds is 3. The van der Waals surface area contributed by atoms with Gasteiger partial charge in [0.05, 0.1) is 5.92 Å². The zero-order chi connectivity index (χ0) is 18.8. The van der Waals surface area contributed by atoms with Crippen molar-refractivity contribution >= 4 is 33.4 Å². The van der Waals surface area contributed by atoms with E-state index in [4.69, 9.17) is 16.1 Å². The number of likely N-dealkylation sites (tertiary alicyclic amines) is 1. The highest BCUT2D eigenvalue weighted by molar-refractivity contribution is 9.10. The number of halogens is 2. The normalized spacial score (nSPS) is 17.1. The zero-order valence-corrected chi connectivity index (χ0v) is 16.8. The van der Waals surface area contributed by atoms with Crippen molar-refractivity contribution < 1.29 is 9.32 Å². The van der Waals surface area contributed by atoms with Crippen molar-refractivity contribution in [3.63, 3.8) is 0 Å². The molecule has 0 aliphatic carbocycles. The number of carbonyl (C=O) groups is 1. The van der Waals surface area contributed by atoms with E-state index in [1.54, 1.807) is 12.1 Å². The second-order valence-corrected chi connectivity index (χ2v) is 7.91. The molecule has 0 saturated carbocycles. The van der Waals surface area contributed by atoms with Crippen molar-refractivity contribution in [2.75, 3.05) is 13.1 Å². The molecule has 3 aromatic rings. The topological polar surface area (TPSA) is 59.2 Å². The van der Waals surface area contributed by atoms with E-state index in [1.807, 2.05) is 41.3 Å². The average Bonchev–Trinajstić information content (AvgIpc) is 3.19. The third-order valence-corrected chi connectivity index (χ3v) is 5.47. The zero-order valence-electron chi connectivity index (χ0n) is 14.4. The molecule has 1 aliphatic rings. The van der Waals surface area contributed by atoms with Gasteiger partial charge in [0, 0.05) is 33.7 Å². The first-order valence-corrected chi connectivity index (χ1v) is 9.91. The van der Waals surface area contributed by atoms with Crippen LogP contribution in [0.25, 0.3) is 11.4 Å². The molecule has 1 aliphatic heterocycles. The van der Waals surface area contributed by atoms with Gasteiger partial charge in [0.15, 0.2) is 0 Å². The van der Waals surface area contributed by atoms with Crippen molar-refractivity contribution in [3.8, 4) is 11.4 Å². The summed E-state index contributed by atoms with van der Waals surface area (Å²) in [6.07, 6.45) is 1.83. The van der Waals surface area contributed by atoms with Gasteiger partial charge in [-0.1, -0.05) is 32.7 Å². The van der Waals surface area contributed by atoms with Crippen molar-refractivity contribution in [3.05, 3.63) is 69.5 Å². The smallest absolute Gasteiger partial charge is 0.253 e. The van der Waals surface area contributed by atoms with Gasteiger partial charge in [-0.3, -0.25) is 4.79 Å². The highest BCUT2D eigenvalue weighted by Gasteiger charge is 2.29. The number of aromatic nitrogens is 2. The molecule has 4 rings (SSSR count). The Morgan fingerprint density at radius 1 is 1.15 bits per heavy atom. The second-order valence-electron chi connectivity index (χ2n) is 6.56. The lowest BCUT2D eigenvalue weighted by atomic mass is 9.97. The number of piperidine rings is 1. The Labute approximate surface area is 170 Å². The van der Waals surface area contributed by atoms with Crippen LogP contribution < -0.4 is 0 Å². The maximum Gasteiger partial charge on any atom is 0.253 e. The van der Waals surface area contributed by atoms with Crippen LogP contribution in [-0.4, -0.2) is 34.0 Å². The quantitative estimate of drug-likeness (QED) is 0.557. The number of amides is 1. The Morgan fingerprint density at radius 3 is 2.63 bits per heavy atom. The van der Waals surface area contributed by atoms with Crippen molar-refractivity contribution in [1.82, 2.24) is 15.0 Å². The highest BCUT2D eigenvalue weighted by Crippen LogP contribution is 2.29. The van der Waals surface area contributed by atoms with Crippen LogP contribution in [0.4, 0.5) is 0 Å². The summed E-state index contributed by atoms with van der Waals surface area (Å²) in [7, 11) is 0. The Bertz CT molecular complexity index is 941. The molecule has 1 atom stereocenters. The van der Waals surface area contributed by atoms with Crippen LogP contribution in [0.2, 0.25) is 5.02 Å². The van der Waals surface area contributed by atoms with E-state index in [1.165, 1.54) is 0 Å². The summed E-state index contributed by atoms with van der Waals surface area (Å²) in [5.74, 6) is 1.20. The summed E-state index contributed by atoms with van der Waals surface area (Å²) in [6, 6.07) is 14.7. The SMILES string of the molecule is O=C(c1ccc(Br)cc1)N1CCC[C@@H](c2nc(-c3ccc(Cl)cc3)no2)C1. The predicted octanol–water partition coefficient (Wildman–Crippen LogP) is 5.17. The van der Waals surface area contributed by atoms with Gasteiger partial charge in [-0.25, -0.2) is 0 Å². The van der Waals surface area contributed by atoms with E-state index in [0.29, 0.717) is 28.8 Å². The monoisotopic (exact) mass is 445 g/mol. The van der Waals surface area contributed by atoms with E-state index < -0.39 is 0 Å². The largest absolute Gasteiger partial charge is 0.339 e. The molecular weight excluding hydrogens is 430 g/mol. The lowest BCUT2D eigenvalue weighted by Gasteiger charge is -2.31. The molecule has 7 heteroatoms. The van der Waals surface area contributed by atoms with Crippen molar-refractivity contribution in [1.29, 1.82) is 0 Å². The standard InChI is InChI=1S/C20H17BrClN3O2/c21-16-7-3-14(4-8-16)20(26)25-11-1-2-15(12-25)19-23-18(24-27-19)13-5-9-17(22)10-6-13/h3-10,15H,1-2,11-12H2/t15-/m1/s1. The number of hydrogen-bond acceptors (Lipinski definition) is 4. The number of nitrogens with zero attached hydrogens (tertiary/aromatic N) is 3. The van der Waals surface area contributed by atoms with Gasteiger partial charge < -0.3 is 9.42 Å². The molecule has 0 radical (unpaired) electrons. The van der Waals surface area contributed by atoms with E-state index in [-0.39, 0.29) is 11.8 Å². The van der Waals surface area contributed by atoms with Crippen LogP contribution in [0.3, 0.4) is 0 Å². The summed E-state index contributed by atoms with van der Waals surface area (Å²) in [5, 5.41) is 4.75. The Morgan fingerprint density at radius 2 is 1.89 bits per heavy atom. The molecular formula is C20H17BrClN3O2. The minimum Gasteiger partial charge on any atom is -0.339 e. The molecule has 5 nitrogen and oxygen atoms in total. The van der Waals surface area contributed by atoms with Gasteiger partial charge in [0.25, 0.3) is 5.91 Å². The first-order valence-electron chi connectivity index (χ1n) is 8.74. The fourth-order valence-corrected chi connectivity index (χ4v) is 3.65. The predicted molar refractivity (Wildman–Crippen MR) is 107 cm³/mol. The van der Waals surface area contributed by atoms with E-state index in [9.17, 15) is 4.79 Å². The van der Waals surface area contributed by atoms with Crippen LogP contribution in [0.15, 0.2) is 57.5 Å². The molecule has 0 unspecified atom stereocenters. The number of carbonyl (C=O) groups excluding carboxylic acids is 1. The summed E-state index contributed by atoms with van der Waals surface area (Å²) in [6.45, 7) is 1.32.